The normalized spacial score (nSPS) is 11.8. The van der Waals surface area contributed by atoms with Crippen LogP contribution in [0.2, 0.25) is 0 Å². The van der Waals surface area contributed by atoms with Gasteiger partial charge in [0.2, 0.25) is 0 Å². The number of amides is 1. The van der Waals surface area contributed by atoms with Gasteiger partial charge in [0.25, 0.3) is 0 Å². The maximum absolute atomic E-state index is 11.9. The van der Waals surface area contributed by atoms with E-state index in [0.717, 1.165) is 23.0 Å². The number of anilines is 1. The zero-order valence-corrected chi connectivity index (χ0v) is 18.1. The number of aryl methyl sites for hydroxylation is 1. The molecular formula is C21H23N5O3S. The third kappa shape index (κ3) is 6.08. The first-order valence-corrected chi connectivity index (χ1v) is 10.1. The summed E-state index contributed by atoms with van der Waals surface area (Å²) < 4.78 is 13.8. The van der Waals surface area contributed by atoms with Crippen LogP contribution in [0.3, 0.4) is 0 Å². The topological polar surface area (TPSA) is 98.6 Å². The second-order valence-corrected chi connectivity index (χ2v) is 7.95. The molecule has 0 fully saturated rings. The van der Waals surface area contributed by atoms with Gasteiger partial charge in [0, 0.05) is 5.56 Å². The van der Waals surface area contributed by atoms with Crippen LogP contribution >= 0.6 is 11.7 Å². The van der Waals surface area contributed by atoms with Gasteiger partial charge in [-0.05, 0) is 39.8 Å². The Morgan fingerprint density at radius 2 is 1.87 bits per heavy atom. The number of pyridine rings is 1. The molecule has 3 rings (SSSR count). The van der Waals surface area contributed by atoms with E-state index < -0.39 is 11.7 Å². The summed E-state index contributed by atoms with van der Waals surface area (Å²) in [7, 11) is 0. The van der Waals surface area contributed by atoms with E-state index in [4.69, 9.17) is 9.57 Å². The summed E-state index contributed by atoms with van der Waals surface area (Å²) in [5.74, 6) is 0.372. The molecule has 0 radical (unpaired) electrons. The minimum absolute atomic E-state index is 0.122. The predicted molar refractivity (Wildman–Crippen MR) is 116 cm³/mol. The third-order valence-corrected chi connectivity index (χ3v) is 4.35. The minimum Gasteiger partial charge on any atom is -0.444 e. The van der Waals surface area contributed by atoms with Gasteiger partial charge in [-0.2, -0.15) is 8.75 Å². The van der Waals surface area contributed by atoms with E-state index in [1.165, 1.54) is 0 Å². The average Bonchev–Trinajstić information content (AvgIpc) is 3.10. The predicted octanol–water partition coefficient (Wildman–Crippen LogP) is 4.56. The highest BCUT2D eigenvalue weighted by Gasteiger charge is 2.17. The molecule has 0 atom stereocenters. The number of nitrogens with one attached hydrogen (secondary N) is 1. The SMILES string of the molecule is Cc1nsnc1C(=NOCc1cccc(NC(=O)OC(C)(C)C)n1)c1ccccc1. The number of rotatable bonds is 6. The Hall–Kier alpha value is -3.33. The monoisotopic (exact) mass is 425 g/mol. The molecule has 0 aliphatic carbocycles. The van der Waals surface area contributed by atoms with E-state index in [1.807, 2.05) is 37.3 Å². The minimum atomic E-state index is -0.587. The van der Waals surface area contributed by atoms with Crippen molar-refractivity contribution in [1.82, 2.24) is 13.7 Å². The van der Waals surface area contributed by atoms with Gasteiger partial charge in [0.1, 0.15) is 22.8 Å². The van der Waals surface area contributed by atoms with Crippen molar-refractivity contribution in [2.75, 3.05) is 5.32 Å². The van der Waals surface area contributed by atoms with Crippen LogP contribution < -0.4 is 5.32 Å². The van der Waals surface area contributed by atoms with Crippen LogP contribution in [-0.4, -0.2) is 31.1 Å². The summed E-state index contributed by atoms with van der Waals surface area (Å²) in [6.45, 7) is 7.39. The molecule has 30 heavy (non-hydrogen) atoms. The average molecular weight is 426 g/mol. The summed E-state index contributed by atoms with van der Waals surface area (Å²) in [5.41, 5.74) is 2.96. The maximum Gasteiger partial charge on any atom is 0.413 e. The molecule has 9 heteroatoms. The van der Waals surface area contributed by atoms with Crippen molar-refractivity contribution in [1.29, 1.82) is 0 Å². The van der Waals surface area contributed by atoms with E-state index in [1.54, 1.807) is 39.0 Å². The highest BCUT2D eigenvalue weighted by molar-refractivity contribution is 6.99. The lowest BCUT2D eigenvalue weighted by Crippen LogP contribution is -2.27. The van der Waals surface area contributed by atoms with E-state index >= 15 is 0 Å². The lowest BCUT2D eigenvalue weighted by atomic mass is 10.1. The molecule has 1 aromatic carbocycles. The number of oxime groups is 1. The molecule has 0 unspecified atom stereocenters. The van der Waals surface area contributed by atoms with Gasteiger partial charge in [0.05, 0.1) is 23.1 Å². The molecule has 156 valence electrons. The number of carbonyl (C=O) groups is 1. The van der Waals surface area contributed by atoms with Crippen LogP contribution in [-0.2, 0) is 16.2 Å². The summed E-state index contributed by atoms with van der Waals surface area (Å²) in [6, 6.07) is 14.9. The molecule has 0 aliphatic heterocycles. The fraction of sp³-hybridized carbons (Fsp3) is 0.286. The molecule has 3 aromatic rings. The van der Waals surface area contributed by atoms with Crippen LogP contribution in [0.15, 0.2) is 53.7 Å². The zero-order valence-electron chi connectivity index (χ0n) is 17.2. The summed E-state index contributed by atoms with van der Waals surface area (Å²) in [6.07, 6.45) is -0.566. The number of ether oxygens (including phenoxy) is 1. The molecule has 0 saturated heterocycles. The van der Waals surface area contributed by atoms with E-state index in [9.17, 15) is 4.79 Å². The lowest BCUT2D eigenvalue weighted by Gasteiger charge is -2.19. The van der Waals surface area contributed by atoms with Crippen LogP contribution in [0.4, 0.5) is 10.6 Å². The molecule has 1 N–H and O–H groups in total. The Bertz CT molecular complexity index is 1030. The second-order valence-electron chi connectivity index (χ2n) is 7.42. The van der Waals surface area contributed by atoms with Gasteiger partial charge in [-0.15, -0.1) is 0 Å². The van der Waals surface area contributed by atoms with Crippen molar-refractivity contribution in [2.24, 2.45) is 5.16 Å². The highest BCUT2D eigenvalue weighted by Crippen LogP contribution is 2.15. The third-order valence-electron chi connectivity index (χ3n) is 3.73. The van der Waals surface area contributed by atoms with Crippen LogP contribution in [0, 0.1) is 6.92 Å². The highest BCUT2D eigenvalue weighted by atomic mass is 32.1. The van der Waals surface area contributed by atoms with Gasteiger partial charge in [-0.25, -0.2) is 9.78 Å². The van der Waals surface area contributed by atoms with Crippen molar-refractivity contribution in [3.8, 4) is 0 Å². The molecule has 1 amide bonds. The lowest BCUT2D eigenvalue weighted by molar-refractivity contribution is 0.0635. The van der Waals surface area contributed by atoms with Crippen LogP contribution in [0.5, 0.6) is 0 Å². The van der Waals surface area contributed by atoms with E-state index in [-0.39, 0.29) is 6.61 Å². The number of nitrogens with zero attached hydrogens (tertiary/aromatic N) is 4. The van der Waals surface area contributed by atoms with Gasteiger partial charge < -0.3 is 9.57 Å². The molecule has 0 saturated carbocycles. The molecule has 0 spiro atoms. The van der Waals surface area contributed by atoms with Crippen molar-refractivity contribution in [3.63, 3.8) is 0 Å². The molecule has 0 bridgehead atoms. The standard InChI is InChI=1S/C21H23N5O3S/c1-14-18(26-30-25-14)19(15-9-6-5-7-10-15)24-28-13-16-11-8-12-17(22-16)23-20(27)29-21(2,3)4/h5-12H,13H2,1-4H3,(H,22,23,27). The molecule has 8 nitrogen and oxygen atoms in total. The van der Waals surface area contributed by atoms with E-state index in [0.29, 0.717) is 22.9 Å². The number of benzene rings is 1. The Labute approximate surface area is 179 Å². The summed E-state index contributed by atoms with van der Waals surface area (Å²) in [4.78, 5) is 21.9. The zero-order chi connectivity index (χ0) is 21.6. The first-order valence-electron chi connectivity index (χ1n) is 9.33. The van der Waals surface area contributed by atoms with Crippen LogP contribution in [0.25, 0.3) is 0 Å². The Kier molecular flexibility index (Phi) is 6.73. The number of aromatic nitrogens is 3. The van der Waals surface area contributed by atoms with Crippen LogP contribution in [0.1, 0.15) is 43.4 Å². The summed E-state index contributed by atoms with van der Waals surface area (Å²) >= 11 is 1.13. The Morgan fingerprint density at radius 3 is 2.53 bits per heavy atom. The second kappa shape index (κ2) is 9.45. The van der Waals surface area contributed by atoms with Crippen molar-refractivity contribution < 1.29 is 14.4 Å². The van der Waals surface area contributed by atoms with Crippen molar-refractivity contribution in [2.45, 2.75) is 39.9 Å². The summed E-state index contributed by atoms with van der Waals surface area (Å²) in [5, 5.41) is 6.91. The van der Waals surface area contributed by atoms with Gasteiger partial charge in [-0.3, -0.25) is 5.32 Å². The number of hydrogen-bond donors (Lipinski definition) is 1. The molecule has 2 heterocycles. The molecule has 2 aromatic heterocycles. The quantitative estimate of drug-likeness (QED) is 0.459. The van der Waals surface area contributed by atoms with Gasteiger partial charge in [0.15, 0.2) is 6.61 Å². The number of carbonyl (C=O) groups excluding carboxylic acids is 1. The fourth-order valence-electron chi connectivity index (χ4n) is 2.48. The molecular weight excluding hydrogens is 402 g/mol. The first-order chi connectivity index (χ1) is 14.3. The molecule has 0 aliphatic rings. The number of hydrogen-bond acceptors (Lipinski definition) is 8. The van der Waals surface area contributed by atoms with Gasteiger partial charge >= 0.3 is 6.09 Å². The first kappa shape index (κ1) is 21.4. The Balaban J connectivity index is 1.71. The smallest absolute Gasteiger partial charge is 0.413 e. The van der Waals surface area contributed by atoms with Gasteiger partial charge in [-0.1, -0.05) is 41.6 Å². The Morgan fingerprint density at radius 1 is 1.10 bits per heavy atom. The largest absolute Gasteiger partial charge is 0.444 e. The fourth-order valence-corrected chi connectivity index (χ4v) is 3.03. The maximum atomic E-state index is 11.9. The van der Waals surface area contributed by atoms with E-state index in [2.05, 4.69) is 24.2 Å². The van der Waals surface area contributed by atoms with Crippen molar-refractivity contribution in [3.05, 3.63) is 71.2 Å². The van der Waals surface area contributed by atoms with Crippen molar-refractivity contribution >= 4 is 29.4 Å².